The normalized spacial score (nSPS) is 11.9. The highest BCUT2D eigenvalue weighted by molar-refractivity contribution is 5.23. The van der Waals surface area contributed by atoms with Gasteiger partial charge in [-0.1, -0.05) is 6.92 Å². The number of hydrogen-bond acceptors (Lipinski definition) is 1. The summed E-state index contributed by atoms with van der Waals surface area (Å²) >= 11 is 0. The van der Waals surface area contributed by atoms with Crippen LogP contribution in [0.4, 0.5) is 22.0 Å². The van der Waals surface area contributed by atoms with Crippen LogP contribution in [0.3, 0.4) is 0 Å². The fourth-order valence-corrected chi connectivity index (χ4v) is 1.01. The fraction of sp³-hybridized carbons (Fsp3) is 0.375. The molecule has 0 radical (unpaired) electrons. The highest BCUT2D eigenvalue weighted by Gasteiger charge is 2.38. The van der Waals surface area contributed by atoms with E-state index in [4.69, 9.17) is 0 Å². The zero-order valence-electron chi connectivity index (χ0n) is 7.12. The van der Waals surface area contributed by atoms with Gasteiger partial charge in [0.25, 0.3) is 0 Å². The van der Waals surface area contributed by atoms with Crippen LogP contribution in [-0.4, -0.2) is 4.98 Å². The van der Waals surface area contributed by atoms with Gasteiger partial charge in [-0.2, -0.15) is 13.2 Å². The first-order valence-electron chi connectivity index (χ1n) is 3.78. The number of nitrogens with zero attached hydrogens (tertiary/aromatic N) is 1. The van der Waals surface area contributed by atoms with Crippen LogP contribution in [0, 0.1) is 11.6 Å². The molecule has 0 atom stereocenters. The summed E-state index contributed by atoms with van der Waals surface area (Å²) in [6.07, 6.45) is -4.67. The van der Waals surface area contributed by atoms with Crippen molar-refractivity contribution in [3.63, 3.8) is 0 Å². The summed E-state index contributed by atoms with van der Waals surface area (Å²) in [5.41, 5.74) is -2.26. The molecule has 0 aliphatic heterocycles. The van der Waals surface area contributed by atoms with Gasteiger partial charge in [0.15, 0.2) is 11.6 Å². The molecule has 78 valence electrons. The van der Waals surface area contributed by atoms with Crippen LogP contribution < -0.4 is 0 Å². The zero-order chi connectivity index (χ0) is 10.9. The fourth-order valence-electron chi connectivity index (χ4n) is 1.01. The maximum atomic E-state index is 13.0. The van der Waals surface area contributed by atoms with Crippen molar-refractivity contribution in [1.29, 1.82) is 0 Å². The van der Waals surface area contributed by atoms with Crippen LogP contribution in [0.25, 0.3) is 0 Å². The number of alkyl halides is 3. The van der Waals surface area contributed by atoms with Crippen molar-refractivity contribution >= 4 is 0 Å². The molecule has 14 heavy (non-hydrogen) atoms. The zero-order valence-corrected chi connectivity index (χ0v) is 7.12. The van der Waals surface area contributed by atoms with E-state index >= 15 is 0 Å². The van der Waals surface area contributed by atoms with Crippen LogP contribution in [-0.2, 0) is 12.6 Å². The molecule has 0 aliphatic rings. The van der Waals surface area contributed by atoms with Gasteiger partial charge in [-0.15, -0.1) is 0 Å². The number of hydrogen-bond donors (Lipinski definition) is 0. The molecule has 0 bridgehead atoms. The van der Waals surface area contributed by atoms with E-state index in [1.807, 2.05) is 0 Å². The largest absolute Gasteiger partial charge is 0.422 e. The average Bonchev–Trinajstić information content (AvgIpc) is 2.02. The second-order valence-electron chi connectivity index (χ2n) is 2.59. The van der Waals surface area contributed by atoms with Crippen molar-refractivity contribution in [2.75, 3.05) is 0 Å². The lowest BCUT2D eigenvalue weighted by atomic mass is 10.1. The molecule has 0 amide bonds. The highest BCUT2D eigenvalue weighted by Crippen LogP contribution is 2.33. The quantitative estimate of drug-likeness (QED) is 0.651. The Morgan fingerprint density at radius 3 is 2.29 bits per heavy atom. The highest BCUT2D eigenvalue weighted by atomic mass is 19.4. The summed E-state index contributed by atoms with van der Waals surface area (Å²) in [6, 6.07) is 0. The van der Waals surface area contributed by atoms with Crippen molar-refractivity contribution in [2.24, 2.45) is 0 Å². The molecule has 1 aromatic heterocycles. The minimum absolute atomic E-state index is 0.0187. The number of pyridine rings is 1. The van der Waals surface area contributed by atoms with E-state index in [-0.39, 0.29) is 6.42 Å². The van der Waals surface area contributed by atoms with E-state index in [0.717, 1.165) is 0 Å². The Morgan fingerprint density at radius 1 is 1.29 bits per heavy atom. The molecule has 1 heterocycles. The van der Waals surface area contributed by atoms with Gasteiger partial charge < -0.3 is 0 Å². The molecule has 0 aliphatic carbocycles. The molecule has 0 aromatic carbocycles. The summed E-state index contributed by atoms with van der Waals surface area (Å²) in [6.45, 7) is 1.43. The topological polar surface area (TPSA) is 12.9 Å². The first-order valence-corrected chi connectivity index (χ1v) is 3.78. The lowest BCUT2D eigenvalue weighted by molar-refractivity contribution is -0.142. The monoisotopic (exact) mass is 211 g/mol. The minimum Gasteiger partial charge on any atom is -0.255 e. The minimum atomic E-state index is -5.03. The Kier molecular flexibility index (Phi) is 2.73. The molecule has 0 unspecified atom stereocenters. The van der Waals surface area contributed by atoms with Crippen LogP contribution in [0.15, 0.2) is 6.20 Å². The van der Waals surface area contributed by atoms with Gasteiger partial charge in [0.2, 0.25) is 0 Å². The molecule has 0 fully saturated rings. The first kappa shape index (κ1) is 10.9. The molecule has 0 saturated carbocycles. The molecule has 1 aromatic rings. The summed E-state index contributed by atoms with van der Waals surface area (Å²) < 4.78 is 62.0. The maximum Gasteiger partial charge on any atom is 0.422 e. The molecular formula is C8H6F5N. The smallest absolute Gasteiger partial charge is 0.255 e. The van der Waals surface area contributed by atoms with Crippen LogP contribution in [0.5, 0.6) is 0 Å². The van der Waals surface area contributed by atoms with E-state index in [1.54, 1.807) is 0 Å². The second-order valence-corrected chi connectivity index (χ2v) is 2.59. The van der Waals surface area contributed by atoms with Crippen molar-refractivity contribution in [3.8, 4) is 0 Å². The Labute approximate surface area is 76.6 Å². The summed E-state index contributed by atoms with van der Waals surface area (Å²) in [4.78, 5) is 3.22. The van der Waals surface area contributed by atoms with Crippen LogP contribution in [0.2, 0.25) is 0 Å². The number of aryl methyl sites for hydroxylation is 1. The summed E-state index contributed by atoms with van der Waals surface area (Å²) in [7, 11) is 0. The molecule has 0 N–H and O–H groups in total. The van der Waals surface area contributed by atoms with Gasteiger partial charge in [-0.3, -0.25) is 4.98 Å². The van der Waals surface area contributed by atoms with E-state index in [0.29, 0.717) is 6.20 Å². The summed E-state index contributed by atoms with van der Waals surface area (Å²) in [5, 5.41) is 0. The van der Waals surface area contributed by atoms with Crippen LogP contribution >= 0.6 is 0 Å². The third-order valence-corrected chi connectivity index (χ3v) is 1.66. The molecule has 0 saturated heterocycles. The molecule has 0 spiro atoms. The third kappa shape index (κ3) is 1.83. The molecule has 1 rings (SSSR count). The lowest BCUT2D eigenvalue weighted by Crippen LogP contribution is -2.14. The van der Waals surface area contributed by atoms with Gasteiger partial charge in [-0.05, 0) is 6.42 Å². The number of aromatic nitrogens is 1. The summed E-state index contributed by atoms with van der Waals surface area (Å²) in [5.74, 6) is -3.31. The average molecular weight is 211 g/mol. The number of halogens is 5. The maximum absolute atomic E-state index is 13.0. The van der Waals surface area contributed by atoms with Gasteiger partial charge in [0, 0.05) is 0 Å². The van der Waals surface area contributed by atoms with Gasteiger partial charge >= 0.3 is 6.18 Å². The van der Waals surface area contributed by atoms with E-state index in [2.05, 4.69) is 4.98 Å². The Hall–Kier alpha value is -1.20. The Balaban J connectivity index is 3.40. The van der Waals surface area contributed by atoms with E-state index in [9.17, 15) is 22.0 Å². The number of rotatable bonds is 1. The SMILES string of the molecule is CCc1ncc(F)c(C(F)(F)F)c1F. The van der Waals surface area contributed by atoms with Gasteiger partial charge in [0.1, 0.15) is 5.56 Å². The van der Waals surface area contributed by atoms with Gasteiger partial charge in [0.05, 0.1) is 11.9 Å². The van der Waals surface area contributed by atoms with Crippen molar-refractivity contribution in [3.05, 3.63) is 29.1 Å². The predicted molar refractivity (Wildman–Crippen MR) is 38.5 cm³/mol. The Bertz CT molecular complexity index is 344. The van der Waals surface area contributed by atoms with E-state index < -0.39 is 29.1 Å². The van der Waals surface area contributed by atoms with Gasteiger partial charge in [-0.25, -0.2) is 8.78 Å². The lowest BCUT2D eigenvalue weighted by Gasteiger charge is -2.10. The first-order chi connectivity index (χ1) is 6.38. The second kappa shape index (κ2) is 3.51. The third-order valence-electron chi connectivity index (χ3n) is 1.66. The molecule has 1 nitrogen and oxygen atoms in total. The van der Waals surface area contributed by atoms with Crippen LogP contribution in [0.1, 0.15) is 18.2 Å². The van der Waals surface area contributed by atoms with Crippen molar-refractivity contribution < 1.29 is 22.0 Å². The molecule has 6 heteroatoms. The molecular weight excluding hydrogens is 205 g/mol. The van der Waals surface area contributed by atoms with Crippen molar-refractivity contribution in [1.82, 2.24) is 4.98 Å². The van der Waals surface area contributed by atoms with Crippen molar-refractivity contribution in [2.45, 2.75) is 19.5 Å². The standard InChI is InChI=1S/C8H6F5N/c1-2-5-7(10)6(8(11,12)13)4(9)3-14-5/h3H,2H2,1H3. The van der Waals surface area contributed by atoms with E-state index in [1.165, 1.54) is 6.92 Å². The predicted octanol–water partition coefficient (Wildman–Crippen LogP) is 2.94. The Morgan fingerprint density at radius 2 is 1.86 bits per heavy atom.